The van der Waals surface area contributed by atoms with Crippen LogP contribution in [-0.2, 0) is 15.0 Å². The Hall–Kier alpha value is -0.920. The molecule has 1 saturated heterocycles. The van der Waals surface area contributed by atoms with E-state index in [4.69, 9.17) is 0 Å². The van der Waals surface area contributed by atoms with Crippen LogP contribution >= 0.6 is 11.3 Å². The molecule has 2 fully saturated rings. The summed E-state index contributed by atoms with van der Waals surface area (Å²) in [5.41, 5.74) is 1.19. The second-order valence-corrected chi connectivity index (χ2v) is 8.11. The van der Waals surface area contributed by atoms with E-state index < -0.39 is 10.2 Å². The summed E-state index contributed by atoms with van der Waals surface area (Å²) >= 11 is 1.64. The van der Waals surface area contributed by atoms with Crippen molar-refractivity contribution in [2.24, 2.45) is 5.92 Å². The van der Waals surface area contributed by atoms with Crippen molar-refractivity contribution in [2.45, 2.75) is 32.1 Å². The van der Waals surface area contributed by atoms with Crippen molar-refractivity contribution in [3.05, 3.63) is 21.9 Å². The van der Waals surface area contributed by atoms with E-state index in [9.17, 15) is 13.2 Å². The maximum Gasteiger partial charge on any atom is 0.303 e. The first-order chi connectivity index (χ1) is 9.49. The van der Waals surface area contributed by atoms with E-state index in [1.807, 2.05) is 18.4 Å². The Morgan fingerprint density at radius 3 is 2.70 bits per heavy atom. The van der Waals surface area contributed by atoms with Crippen molar-refractivity contribution < 1.29 is 13.2 Å². The lowest BCUT2D eigenvalue weighted by atomic mass is 10.2. The third kappa shape index (κ3) is 2.62. The number of hydrogen-bond acceptors (Lipinski definition) is 4. The monoisotopic (exact) mass is 314 g/mol. The average Bonchev–Trinajstić information content (AvgIpc) is 2.81. The topological polar surface area (TPSA) is 66.5 Å². The van der Waals surface area contributed by atoms with E-state index in [0.29, 0.717) is 13.1 Å². The number of rotatable bonds is 4. The van der Waals surface area contributed by atoms with Gasteiger partial charge >= 0.3 is 10.2 Å². The second-order valence-electron chi connectivity index (χ2n) is 5.49. The number of nitrogens with zero attached hydrogens (tertiary/aromatic N) is 1. The zero-order chi connectivity index (χ0) is 14.3. The Bertz CT molecular complexity index is 617. The van der Waals surface area contributed by atoms with Crippen LogP contribution in [0.5, 0.6) is 0 Å². The van der Waals surface area contributed by atoms with Crippen LogP contribution in [0.3, 0.4) is 0 Å². The van der Waals surface area contributed by atoms with Gasteiger partial charge in [0.15, 0.2) is 0 Å². The number of thiophene rings is 1. The summed E-state index contributed by atoms with van der Waals surface area (Å²) in [6.07, 6.45) is 2.49. The third-order valence-corrected chi connectivity index (χ3v) is 6.66. The molecule has 20 heavy (non-hydrogen) atoms. The maximum absolute atomic E-state index is 12.1. The number of aryl methyl sites for hydroxylation is 1. The molecule has 110 valence electrons. The van der Waals surface area contributed by atoms with E-state index in [2.05, 4.69) is 4.72 Å². The molecule has 0 unspecified atom stereocenters. The molecular formula is C13H18N2O3S2. The molecule has 2 atom stereocenters. The predicted molar refractivity (Wildman–Crippen MR) is 77.8 cm³/mol. The molecule has 1 N–H and O–H groups in total. The smallest absolute Gasteiger partial charge is 0.274 e. The molecule has 0 bridgehead atoms. The summed E-state index contributed by atoms with van der Waals surface area (Å²) in [4.78, 5) is 13.3. The molecule has 2 heterocycles. The molecule has 2 aliphatic rings. The fourth-order valence-corrected chi connectivity index (χ4v) is 5.12. The molecule has 0 radical (unpaired) electrons. The lowest BCUT2D eigenvalue weighted by Crippen LogP contribution is -2.42. The quantitative estimate of drug-likeness (QED) is 0.918. The van der Waals surface area contributed by atoms with E-state index in [1.165, 1.54) is 14.7 Å². The van der Waals surface area contributed by atoms with Gasteiger partial charge in [-0.05, 0) is 43.2 Å². The fraction of sp³-hybridized carbons (Fsp3) is 0.615. The van der Waals surface area contributed by atoms with Gasteiger partial charge in [-0.25, -0.2) is 4.72 Å². The molecular weight excluding hydrogens is 296 g/mol. The molecule has 1 aliphatic heterocycles. The average molecular weight is 314 g/mol. The summed E-state index contributed by atoms with van der Waals surface area (Å²) in [7, 11) is -3.63. The van der Waals surface area contributed by atoms with Gasteiger partial charge in [0, 0.05) is 29.8 Å². The van der Waals surface area contributed by atoms with Gasteiger partial charge in [0.2, 0.25) is 5.91 Å². The number of carbonyl (C=O) groups is 1. The van der Waals surface area contributed by atoms with E-state index in [-0.39, 0.29) is 17.7 Å². The van der Waals surface area contributed by atoms with Crippen LogP contribution in [0.4, 0.5) is 0 Å². The summed E-state index contributed by atoms with van der Waals surface area (Å²) < 4.78 is 27.7. The highest BCUT2D eigenvalue weighted by Crippen LogP contribution is 2.50. The van der Waals surface area contributed by atoms with Crippen LogP contribution < -0.4 is 4.72 Å². The maximum atomic E-state index is 12.1. The second kappa shape index (κ2) is 5.13. The lowest BCUT2D eigenvalue weighted by molar-refractivity contribution is -0.120. The largest absolute Gasteiger partial charge is 0.303 e. The first-order valence-corrected chi connectivity index (χ1v) is 9.17. The van der Waals surface area contributed by atoms with Crippen LogP contribution in [0.2, 0.25) is 0 Å². The number of carbonyl (C=O) groups excluding carboxylic acids is 1. The fourth-order valence-electron chi connectivity index (χ4n) is 2.73. The third-order valence-electron chi connectivity index (χ3n) is 4.00. The molecule has 3 rings (SSSR count). The zero-order valence-corrected chi connectivity index (χ0v) is 13.0. The van der Waals surface area contributed by atoms with Gasteiger partial charge in [-0.3, -0.25) is 4.79 Å². The highest BCUT2D eigenvalue weighted by Gasteiger charge is 2.46. The molecule has 7 heteroatoms. The Morgan fingerprint density at radius 1 is 1.40 bits per heavy atom. The molecule has 0 spiro atoms. The predicted octanol–water partition coefficient (Wildman–Crippen LogP) is 1.62. The van der Waals surface area contributed by atoms with Gasteiger partial charge in [-0.2, -0.15) is 12.7 Å². The standard InChI is InChI=1S/C13H18N2O3S2/c1-9-4-7-19-12(9)10-8-11(10)13(16)14-20(17,18)15-5-2-3-6-15/h4,7,10-11H,2-3,5-6,8H2,1H3,(H,14,16)/t10-,11-/m1/s1. The van der Waals surface area contributed by atoms with Crippen LogP contribution in [0, 0.1) is 12.8 Å². The van der Waals surface area contributed by atoms with Gasteiger partial charge in [-0.1, -0.05) is 0 Å². The van der Waals surface area contributed by atoms with Crippen molar-refractivity contribution in [3.8, 4) is 0 Å². The van der Waals surface area contributed by atoms with Crippen molar-refractivity contribution in [1.29, 1.82) is 0 Å². The highest BCUT2D eigenvalue weighted by atomic mass is 32.2. The van der Waals surface area contributed by atoms with Crippen LogP contribution in [0.25, 0.3) is 0 Å². The van der Waals surface area contributed by atoms with E-state index >= 15 is 0 Å². The minimum Gasteiger partial charge on any atom is -0.274 e. The highest BCUT2D eigenvalue weighted by molar-refractivity contribution is 7.87. The Morgan fingerprint density at radius 2 is 2.10 bits per heavy atom. The molecule has 0 aromatic carbocycles. The Balaban J connectivity index is 1.63. The Kier molecular flexibility index (Phi) is 3.60. The molecule has 1 saturated carbocycles. The summed E-state index contributed by atoms with van der Waals surface area (Å²) in [5.74, 6) is -0.344. The van der Waals surface area contributed by atoms with Gasteiger partial charge in [0.25, 0.3) is 0 Å². The summed E-state index contributed by atoms with van der Waals surface area (Å²) in [6.45, 7) is 3.06. The molecule has 5 nitrogen and oxygen atoms in total. The van der Waals surface area contributed by atoms with Crippen LogP contribution in [0.15, 0.2) is 11.4 Å². The molecule has 1 aromatic heterocycles. The minimum atomic E-state index is -3.63. The molecule has 1 amide bonds. The lowest BCUT2D eigenvalue weighted by Gasteiger charge is -2.15. The first kappa shape index (κ1) is 14.0. The van der Waals surface area contributed by atoms with Gasteiger partial charge in [-0.15, -0.1) is 11.3 Å². The molecule has 1 aliphatic carbocycles. The van der Waals surface area contributed by atoms with Crippen molar-refractivity contribution in [3.63, 3.8) is 0 Å². The van der Waals surface area contributed by atoms with Crippen molar-refractivity contribution in [1.82, 2.24) is 9.03 Å². The molecule has 1 aromatic rings. The Labute approximate surface area is 123 Å². The van der Waals surface area contributed by atoms with E-state index in [1.54, 1.807) is 11.3 Å². The van der Waals surface area contributed by atoms with Crippen LogP contribution in [-0.4, -0.2) is 31.7 Å². The number of nitrogens with one attached hydrogen (secondary N) is 1. The van der Waals surface area contributed by atoms with Gasteiger partial charge in [0.1, 0.15) is 0 Å². The van der Waals surface area contributed by atoms with Crippen molar-refractivity contribution >= 4 is 27.5 Å². The normalized spacial score (nSPS) is 26.6. The SMILES string of the molecule is Cc1ccsc1[C@@H]1C[C@H]1C(=O)NS(=O)(=O)N1CCCC1. The van der Waals surface area contributed by atoms with Gasteiger partial charge in [0.05, 0.1) is 0 Å². The summed E-state index contributed by atoms with van der Waals surface area (Å²) in [6, 6.07) is 2.04. The van der Waals surface area contributed by atoms with Gasteiger partial charge < -0.3 is 0 Å². The summed E-state index contributed by atoms with van der Waals surface area (Å²) in [5, 5.41) is 2.01. The number of amides is 1. The van der Waals surface area contributed by atoms with Crippen molar-refractivity contribution in [2.75, 3.05) is 13.1 Å². The number of hydrogen-bond donors (Lipinski definition) is 1. The van der Waals surface area contributed by atoms with E-state index in [0.717, 1.165) is 19.3 Å². The minimum absolute atomic E-state index is 0.190. The van der Waals surface area contributed by atoms with Crippen LogP contribution in [0.1, 0.15) is 35.6 Å². The first-order valence-electron chi connectivity index (χ1n) is 6.85. The zero-order valence-electron chi connectivity index (χ0n) is 11.3.